The summed E-state index contributed by atoms with van der Waals surface area (Å²) in [6.07, 6.45) is 2.54. The lowest BCUT2D eigenvalue weighted by Crippen LogP contribution is -2.08. The molecule has 0 aliphatic heterocycles. The number of aromatic nitrogens is 3. The van der Waals surface area contributed by atoms with Crippen molar-refractivity contribution in [1.82, 2.24) is 14.8 Å². The van der Waals surface area contributed by atoms with Crippen molar-refractivity contribution in [1.29, 1.82) is 0 Å². The summed E-state index contributed by atoms with van der Waals surface area (Å²) >= 11 is 0. The van der Waals surface area contributed by atoms with Crippen LogP contribution < -0.4 is 4.74 Å². The first-order valence-corrected chi connectivity index (χ1v) is 6.31. The third-order valence-corrected chi connectivity index (χ3v) is 2.76. The van der Waals surface area contributed by atoms with Crippen molar-refractivity contribution >= 4 is 5.78 Å². The topological polar surface area (TPSA) is 57.0 Å². The van der Waals surface area contributed by atoms with Crippen LogP contribution in [0.25, 0.3) is 0 Å². The van der Waals surface area contributed by atoms with E-state index in [1.54, 1.807) is 31.2 Å². The third-order valence-electron chi connectivity index (χ3n) is 2.76. The number of aryl methyl sites for hydroxylation is 1. The van der Waals surface area contributed by atoms with Crippen molar-refractivity contribution in [3.63, 3.8) is 0 Å². The predicted molar refractivity (Wildman–Crippen MR) is 71.1 cm³/mol. The monoisotopic (exact) mass is 259 g/mol. The molecule has 100 valence electrons. The van der Waals surface area contributed by atoms with Gasteiger partial charge >= 0.3 is 0 Å². The van der Waals surface area contributed by atoms with Gasteiger partial charge < -0.3 is 4.74 Å². The molecule has 0 fully saturated rings. The Kier molecular flexibility index (Phi) is 4.28. The average Bonchev–Trinajstić information content (AvgIpc) is 2.85. The van der Waals surface area contributed by atoms with Crippen LogP contribution in [-0.4, -0.2) is 20.5 Å². The number of carbonyl (C=O) groups is 1. The first-order chi connectivity index (χ1) is 9.20. The lowest BCUT2D eigenvalue weighted by atomic mass is 10.1. The quantitative estimate of drug-likeness (QED) is 0.748. The van der Waals surface area contributed by atoms with E-state index in [2.05, 4.69) is 17.0 Å². The number of ketones is 1. The van der Waals surface area contributed by atoms with Crippen molar-refractivity contribution in [2.24, 2.45) is 0 Å². The van der Waals surface area contributed by atoms with Gasteiger partial charge in [-0.25, -0.2) is 9.67 Å². The lowest BCUT2D eigenvalue weighted by molar-refractivity contribution is 0.101. The van der Waals surface area contributed by atoms with E-state index < -0.39 is 0 Å². The fourth-order valence-corrected chi connectivity index (χ4v) is 1.73. The highest BCUT2D eigenvalue weighted by Gasteiger charge is 2.05. The Hall–Kier alpha value is -2.17. The number of rotatable bonds is 6. The summed E-state index contributed by atoms with van der Waals surface area (Å²) in [5, 5.41) is 4.14. The first-order valence-electron chi connectivity index (χ1n) is 6.31. The maximum absolute atomic E-state index is 11.2. The summed E-state index contributed by atoms with van der Waals surface area (Å²) < 4.78 is 7.47. The predicted octanol–water partition coefficient (Wildman–Crippen LogP) is 2.47. The van der Waals surface area contributed by atoms with Crippen LogP contribution in [0, 0.1) is 0 Å². The van der Waals surface area contributed by atoms with E-state index in [0.717, 1.165) is 24.5 Å². The molecule has 2 aromatic rings. The van der Waals surface area contributed by atoms with Gasteiger partial charge in [0.2, 0.25) is 0 Å². The largest absolute Gasteiger partial charge is 0.486 e. The molecule has 0 spiro atoms. The molecule has 0 aliphatic carbocycles. The minimum Gasteiger partial charge on any atom is -0.486 e. The molecule has 0 unspecified atom stereocenters. The third kappa shape index (κ3) is 3.40. The SMILES string of the molecule is CCCn1ncnc1COc1ccc(C(C)=O)cc1. The summed E-state index contributed by atoms with van der Waals surface area (Å²) in [5.74, 6) is 1.57. The van der Waals surface area contributed by atoms with E-state index in [-0.39, 0.29) is 5.78 Å². The van der Waals surface area contributed by atoms with Crippen LogP contribution in [0.1, 0.15) is 36.5 Å². The maximum Gasteiger partial charge on any atom is 0.164 e. The number of hydrogen-bond donors (Lipinski definition) is 0. The fourth-order valence-electron chi connectivity index (χ4n) is 1.73. The Morgan fingerprint density at radius 3 is 2.68 bits per heavy atom. The van der Waals surface area contributed by atoms with Crippen LogP contribution in [-0.2, 0) is 13.2 Å². The van der Waals surface area contributed by atoms with Gasteiger partial charge in [-0.3, -0.25) is 4.79 Å². The molecule has 0 saturated carbocycles. The Morgan fingerprint density at radius 1 is 1.32 bits per heavy atom. The first kappa shape index (κ1) is 13.3. The molecule has 19 heavy (non-hydrogen) atoms. The summed E-state index contributed by atoms with van der Waals surface area (Å²) in [5.41, 5.74) is 0.682. The minimum absolute atomic E-state index is 0.0502. The smallest absolute Gasteiger partial charge is 0.164 e. The summed E-state index contributed by atoms with van der Waals surface area (Å²) in [4.78, 5) is 15.3. The van der Waals surface area contributed by atoms with E-state index in [1.807, 2.05) is 4.68 Å². The minimum atomic E-state index is 0.0502. The van der Waals surface area contributed by atoms with E-state index in [9.17, 15) is 4.79 Å². The molecular weight excluding hydrogens is 242 g/mol. The van der Waals surface area contributed by atoms with E-state index >= 15 is 0 Å². The molecular formula is C14H17N3O2. The molecule has 1 aromatic carbocycles. The Labute approximate surface area is 112 Å². The van der Waals surface area contributed by atoms with Gasteiger partial charge in [0, 0.05) is 12.1 Å². The molecule has 0 radical (unpaired) electrons. The molecule has 0 amide bonds. The second-order valence-electron chi connectivity index (χ2n) is 4.27. The normalized spacial score (nSPS) is 10.4. The van der Waals surface area contributed by atoms with Crippen molar-refractivity contribution < 1.29 is 9.53 Å². The summed E-state index contributed by atoms with van der Waals surface area (Å²) in [7, 11) is 0. The van der Waals surface area contributed by atoms with Crippen LogP contribution in [0.2, 0.25) is 0 Å². The van der Waals surface area contributed by atoms with Gasteiger partial charge in [0.15, 0.2) is 11.6 Å². The number of carbonyl (C=O) groups excluding carboxylic acids is 1. The van der Waals surface area contributed by atoms with Crippen LogP contribution >= 0.6 is 0 Å². The highest BCUT2D eigenvalue weighted by Crippen LogP contribution is 2.14. The molecule has 1 aromatic heterocycles. The van der Waals surface area contributed by atoms with Crippen molar-refractivity contribution in [2.45, 2.75) is 33.4 Å². The van der Waals surface area contributed by atoms with Crippen LogP contribution in [0.3, 0.4) is 0 Å². The molecule has 2 rings (SSSR count). The van der Waals surface area contributed by atoms with Gasteiger partial charge in [0.05, 0.1) is 0 Å². The zero-order chi connectivity index (χ0) is 13.7. The molecule has 0 bridgehead atoms. The summed E-state index contributed by atoms with van der Waals surface area (Å²) in [6, 6.07) is 7.09. The van der Waals surface area contributed by atoms with Crippen LogP contribution in [0.15, 0.2) is 30.6 Å². The van der Waals surface area contributed by atoms with Crippen LogP contribution in [0.5, 0.6) is 5.75 Å². The molecule has 5 nitrogen and oxygen atoms in total. The van der Waals surface area contributed by atoms with Crippen molar-refractivity contribution in [2.75, 3.05) is 0 Å². The van der Waals surface area contributed by atoms with Gasteiger partial charge in [-0.05, 0) is 37.6 Å². The Morgan fingerprint density at radius 2 is 2.05 bits per heavy atom. The Balaban J connectivity index is 1.98. The number of hydrogen-bond acceptors (Lipinski definition) is 4. The number of benzene rings is 1. The number of Topliss-reactive ketones (excluding diaryl/α,β-unsaturated/α-hetero) is 1. The van der Waals surface area contributed by atoms with Crippen molar-refractivity contribution in [3.05, 3.63) is 42.0 Å². The second kappa shape index (κ2) is 6.13. The fraction of sp³-hybridized carbons (Fsp3) is 0.357. The van der Waals surface area contributed by atoms with E-state index in [1.165, 1.54) is 6.33 Å². The molecule has 5 heteroatoms. The van der Waals surface area contributed by atoms with Crippen LogP contribution in [0.4, 0.5) is 0 Å². The average molecular weight is 259 g/mol. The van der Waals surface area contributed by atoms with Gasteiger partial charge in [-0.2, -0.15) is 5.10 Å². The molecule has 0 saturated heterocycles. The zero-order valence-electron chi connectivity index (χ0n) is 11.2. The molecule has 1 heterocycles. The number of nitrogens with zero attached hydrogens (tertiary/aromatic N) is 3. The van der Waals surface area contributed by atoms with Gasteiger partial charge in [0.25, 0.3) is 0 Å². The van der Waals surface area contributed by atoms with Gasteiger partial charge in [-0.15, -0.1) is 0 Å². The number of ether oxygens (including phenoxy) is 1. The molecule has 0 atom stereocenters. The van der Waals surface area contributed by atoms with E-state index in [0.29, 0.717) is 12.2 Å². The Bertz CT molecular complexity index is 546. The highest BCUT2D eigenvalue weighted by molar-refractivity contribution is 5.94. The van der Waals surface area contributed by atoms with E-state index in [4.69, 9.17) is 4.74 Å². The standard InChI is InChI=1S/C14H17N3O2/c1-3-8-17-14(15-10-16-17)9-19-13-6-4-12(5-7-13)11(2)18/h4-7,10H,3,8-9H2,1-2H3. The maximum atomic E-state index is 11.2. The van der Waals surface area contributed by atoms with Gasteiger partial charge in [-0.1, -0.05) is 6.92 Å². The zero-order valence-corrected chi connectivity index (χ0v) is 11.2. The molecule has 0 aliphatic rings. The lowest BCUT2D eigenvalue weighted by Gasteiger charge is -2.07. The highest BCUT2D eigenvalue weighted by atomic mass is 16.5. The van der Waals surface area contributed by atoms with Crippen molar-refractivity contribution in [3.8, 4) is 5.75 Å². The second-order valence-corrected chi connectivity index (χ2v) is 4.27. The molecule has 0 N–H and O–H groups in total. The van der Waals surface area contributed by atoms with Gasteiger partial charge in [0.1, 0.15) is 18.7 Å². The summed E-state index contributed by atoms with van der Waals surface area (Å²) in [6.45, 7) is 4.84.